The second kappa shape index (κ2) is 6.69. The van der Waals surface area contributed by atoms with Gasteiger partial charge in [-0.2, -0.15) is 18.3 Å². The van der Waals surface area contributed by atoms with Gasteiger partial charge >= 0.3 is 6.18 Å². The molecule has 0 radical (unpaired) electrons. The van der Waals surface area contributed by atoms with Crippen LogP contribution in [0.4, 0.5) is 13.2 Å². The Bertz CT molecular complexity index is 606. The van der Waals surface area contributed by atoms with Crippen molar-refractivity contribution in [2.45, 2.75) is 38.7 Å². The molecule has 0 unspecified atom stereocenters. The van der Waals surface area contributed by atoms with Crippen molar-refractivity contribution in [3.8, 4) is 0 Å². The van der Waals surface area contributed by atoms with Gasteiger partial charge in [0.15, 0.2) is 0 Å². The van der Waals surface area contributed by atoms with E-state index in [0.717, 1.165) is 32.5 Å². The molecule has 0 aliphatic carbocycles. The maximum atomic E-state index is 12.6. The van der Waals surface area contributed by atoms with Crippen LogP contribution in [0.5, 0.6) is 0 Å². The van der Waals surface area contributed by atoms with Gasteiger partial charge in [0.2, 0.25) is 0 Å². The number of rotatable bonds is 5. The molecule has 1 aliphatic heterocycles. The molecular formula is C14H19F3N6. The number of nitrogens with zero attached hydrogens (tertiary/aromatic N) is 6. The van der Waals surface area contributed by atoms with Crippen LogP contribution in [0.15, 0.2) is 25.0 Å². The van der Waals surface area contributed by atoms with Gasteiger partial charge in [-0.25, -0.2) is 9.97 Å². The van der Waals surface area contributed by atoms with E-state index in [9.17, 15) is 13.2 Å². The van der Waals surface area contributed by atoms with E-state index in [0.29, 0.717) is 18.3 Å². The second-order valence-corrected chi connectivity index (χ2v) is 5.95. The lowest BCUT2D eigenvalue weighted by Gasteiger charge is -2.32. The summed E-state index contributed by atoms with van der Waals surface area (Å²) in [5, 5.41) is 4.11. The summed E-state index contributed by atoms with van der Waals surface area (Å²) in [6.45, 7) is 1.95. The van der Waals surface area contributed by atoms with Crippen LogP contribution in [0.2, 0.25) is 0 Å². The number of aromatic nitrogens is 5. The quantitative estimate of drug-likeness (QED) is 0.842. The van der Waals surface area contributed by atoms with E-state index in [2.05, 4.69) is 20.0 Å². The number of hydrogen-bond donors (Lipinski definition) is 0. The number of likely N-dealkylation sites (tertiary alicyclic amines) is 1. The molecule has 0 amide bonds. The Hall–Kier alpha value is -1.90. The molecule has 2 aromatic heterocycles. The van der Waals surface area contributed by atoms with Crippen LogP contribution in [0.1, 0.15) is 18.7 Å². The average Bonchev–Trinajstić information content (AvgIpc) is 3.11. The van der Waals surface area contributed by atoms with Gasteiger partial charge in [0.05, 0.1) is 6.54 Å². The molecule has 23 heavy (non-hydrogen) atoms. The number of halogens is 3. The Balaban J connectivity index is 1.58. The molecule has 0 bridgehead atoms. The second-order valence-electron chi connectivity index (χ2n) is 5.95. The highest BCUT2D eigenvalue weighted by Crippen LogP contribution is 2.21. The molecule has 3 rings (SSSR count). The summed E-state index contributed by atoms with van der Waals surface area (Å²) in [4.78, 5) is 10.2. The predicted octanol–water partition coefficient (Wildman–Crippen LogP) is 1.95. The molecule has 1 fully saturated rings. The molecule has 1 saturated heterocycles. The molecule has 0 saturated carbocycles. The standard InChI is InChI=1S/C14H19F3N6/c15-14(16,17)9-22-5-3-19-13(22)8-21-4-1-2-12(6-21)7-23-11-18-10-20-23/h3,5,10-12H,1-2,4,6-9H2/t12-/m0/s1. The monoisotopic (exact) mass is 328 g/mol. The first-order valence-electron chi connectivity index (χ1n) is 7.61. The number of hydrogen-bond acceptors (Lipinski definition) is 4. The normalized spacial score (nSPS) is 20.0. The SMILES string of the molecule is FC(F)(F)Cn1ccnc1CN1CCC[C@H](Cn2cncn2)C1. The third-order valence-electron chi connectivity index (χ3n) is 4.03. The van der Waals surface area contributed by atoms with Crippen molar-refractivity contribution in [2.75, 3.05) is 13.1 Å². The average molecular weight is 328 g/mol. The summed E-state index contributed by atoms with van der Waals surface area (Å²) in [7, 11) is 0. The molecule has 9 heteroatoms. The molecule has 126 valence electrons. The van der Waals surface area contributed by atoms with Gasteiger partial charge < -0.3 is 4.57 Å². The first-order valence-corrected chi connectivity index (χ1v) is 7.61. The zero-order chi connectivity index (χ0) is 16.3. The summed E-state index contributed by atoms with van der Waals surface area (Å²) >= 11 is 0. The van der Waals surface area contributed by atoms with Crippen molar-refractivity contribution in [1.29, 1.82) is 0 Å². The summed E-state index contributed by atoms with van der Waals surface area (Å²) in [6, 6.07) is 0. The van der Waals surface area contributed by atoms with E-state index in [4.69, 9.17) is 0 Å². The van der Waals surface area contributed by atoms with E-state index in [1.165, 1.54) is 23.3 Å². The number of alkyl halides is 3. The van der Waals surface area contributed by atoms with Crippen LogP contribution in [0.25, 0.3) is 0 Å². The van der Waals surface area contributed by atoms with E-state index < -0.39 is 12.7 Å². The van der Waals surface area contributed by atoms with Gasteiger partial charge in [0, 0.05) is 25.5 Å². The topological polar surface area (TPSA) is 51.8 Å². The lowest BCUT2D eigenvalue weighted by atomic mass is 9.98. The van der Waals surface area contributed by atoms with Crippen molar-refractivity contribution in [1.82, 2.24) is 29.2 Å². The summed E-state index contributed by atoms with van der Waals surface area (Å²) in [5.74, 6) is 0.889. The van der Waals surface area contributed by atoms with Gasteiger partial charge in [0.1, 0.15) is 25.0 Å². The summed E-state index contributed by atoms with van der Waals surface area (Å²) in [5.41, 5.74) is 0. The Morgan fingerprint density at radius 3 is 2.91 bits per heavy atom. The molecule has 1 atom stereocenters. The number of imidazole rings is 1. The zero-order valence-corrected chi connectivity index (χ0v) is 12.7. The van der Waals surface area contributed by atoms with Gasteiger partial charge in [-0.15, -0.1) is 0 Å². The molecule has 6 nitrogen and oxygen atoms in total. The lowest BCUT2D eigenvalue weighted by Crippen LogP contribution is -2.37. The highest BCUT2D eigenvalue weighted by atomic mass is 19.4. The molecule has 0 spiro atoms. The van der Waals surface area contributed by atoms with E-state index >= 15 is 0 Å². The van der Waals surface area contributed by atoms with Crippen molar-refractivity contribution in [2.24, 2.45) is 5.92 Å². The smallest absolute Gasteiger partial charge is 0.325 e. The third kappa shape index (κ3) is 4.54. The Morgan fingerprint density at radius 2 is 2.17 bits per heavy atom. The minimum atomic E-state index is -4.23. The fourth-order valence-electron chi connectivity index (χ4n) is 3.06. The largest absolute Gasteiger partial charge is 0.406 e. The van der Waals surface area contributed by atoms with Crippen molar-refractivity contribution in [3.05, 3.63) is 30.9 Å². The Kier molecular flexibility index (Phi) is 4.65. The van der Waals surface area contributed by atoms with E-state index in [1.807, 2.05) is 0 Å². The van der Waals surface area contributed by atoms with Crippen LogP contribution in [0, 0.1) is 5.92 Å². The Labute approximate surface area is 131 Å². The van der Waals surface area contributed by atoms with E-state index in [1.54, 1.807) is 11.0 Å². The van der Waals surface area contributed by atoms with Gasteiger partial charge in [0.25, 0.3) is 0 Å². The maximum Gasteiger partial charge on any atom is 0.406 e. The van der Waals surface area contributed by atoms with Gasteiger partial charge in [-0.05, 0) is 25.3 Å². The highest BCUT2D eigenvalue weighted by molar-refractivity contribution is 4.94. The fraction of sp³-hybridized carbons (Fsp3) is 0.643. The van der Waals surface area contributed by atoms with Crippen LogP contribution >= 0.6 is 0 Å². The molecule has 0 aromatic carbocycles. The lowest BCUT2D eigenvalue weighted by molar-refractivity contribution is -0.141. The van der Waals surface area contributed by atoms with E-state index in [-0.39, 0.29) is 0 Å². The van der Waals surface area contributed by atoms with Crippen LogP contribution in [-0.2, 0) is 19.6 Å². The van der Waals surface area contributed by atoms with Gasteiger partial charge in [-0.1, -0.05) is 0 Å². The maximum absolute atomic E-state index is 12.6. The first-order chi connectivity index (χ1) is 11.0. The summed E-state index contributed by atoms with van der Waals surface area (Å²) < 4.78 is 40.7. The van der Waals surface area contributed by atoms with Crippen LogP contribution in [-0.4, -0.2) is 48.5 Å². The third-order valence-corrected chi connectivity index (χ3v) is 4.03. The first kappa shape index (κ1) is 16.0. The predicted molar refractivity (Wildman–Crippen MR) is 76.3 cm³/mol. The summed E-state index contributed by atoms with van der Waals surface area (Å²) in [6.07, 6.45) is 3.90. The fourth-order valence-corrected chi connectivity index (χ4v) is 3.06. The minimum Gasteiger partial charge on any atom is -0.325 e. The van der Waals surface area contributed by atoms with Crippen molar-refractivity contribution < 1.29 is 13.2 Å². The van der Waals surface area contributed by atoms with Crippen molar-refractivity contribution >= 4 is 0 Å². The molecule has 1 aliphatic rings. The van der Waals surface area contributed by atoms with Gasteiger partial charge in [-0.3, -0.25) is 9.58 Å². The minimum absolute atomic E-state index is 0.427. The molecule has 2 aromatic rings. The van der Waals surface area contributed by atoms with Crippen molar-refractivity contribution in [3.63, 3.8) is 0 Å². The molecule has 3 heterocycles. The highest BCUT2D eigenvalue weighted by Gasteiger charge is 2.29. The molecule has 0 N–H and O–H groups in total. The van der Waals surface area contributed by atoms with Crippen LogP contribution in [0.3, 0.4) is 0 Å². The van der Waals surface area contributed by atoms with Crippen LogP contribution < -0.4 is 0 Å². The zero-order valence-electron chi connectivity index (χ0n) is 12.7. The Morgan fingerprint density at radius 1 is 1.30 bits per heavy atom. The molecular weight excluding hydrogens is 309 g/mol. The number of piperidine rings is 1.